The maximum atomic E-state index is 13.5. The molecular formula is C11H12F3NO. The Morgan fingerprint density at radius 2 is 2.12 bits per heavy atom. The summed E-state index contributed by atoms with van der Waals surface area (Å²) in [5.74, 6) is -0.176. The molecule has 0 atom stereocenters. The summed E-state index contributed by atoms with van der Waals surface area (Å²) >= 11 is 0. The molecule has 0 unspecified atom stereocenters. The fraction of sp³-hybridized carbons (Fsp3) is 0.455. The SMILES string of the molecule is Fc1cc(OC(F)F)ccc1CC1CNC1. The zero-order chi connectivity index (χ0) is 11.5. The summed E-state index contributed by atoms with van der Waals surface area (Å²) in [6.07, 6.45) is 0.633. The second-order valence-corrected chi connectivity index (χ2v) is 3.86. The smallest absolute Gasteiger partial charge is 0.387 e. The highest BCUT2D eigenvalue weighted by Gasteiger charge is 2.19. The molecule has 1 aliphatic rings. The lowest BCUT2D eigenvalue weighted by molar-refractivity contribution is -0.0500. The monoisotopic (exact) mass is 231 g/mol. The second kappa shape index (κ2) is 4.74. The van der Waals surface area contributed by atoms with Crippen LogP contribution in [-0.2, 0) is 6.42 Å². The van der Waals surface area contributed by atoms with Gasteiger partial charge in [0, 0.05) is 6.07 Å². The van der Waals surface area contributed by atoms with Gasteiger partial charge in [-0.15, -0.1) is 0 Å². The number of halogens is 3. The summed E-state index contributed by atoms with van der Waals surface area (Å²) in [7, 11) is 0. The van der Waals surface area contributed by atoms with E-state index >= 15 is 0 Å². The van der Waals surface area contributed by atoms with Gasteiger partial charge in [-0.2, -0.15) is 8.78 Å². The van der Waals surface area contributed by atoms with Crippen molar-refractivity contribution in [3.63, 3.8) is 0 Å². The summed E-state index contributed by atoms with van der Waals surface area (Å²) < 4.78 is 41.3. The molecule has 1 aromatic rings. The zero-order valence-electron chi connectivity index (χ0n) is 8.55. The minimum absolute atomic E-state index is 0.136. The van der Waals surface area contributed by atoms with Gasteiger partial charge in [-0.3, -0.25) is 0 Å². The molecule has 0 radical (unpaired) electrons. The molecule has 16 heavy (non-hydrogen) atoms. The van der Waals surface area contributed by atoms with Crippen molar-refractivity contribution in [1.82, 2.24) is 5.32 Å². The molecule has 0 spiro atoms. The van der Waals surface area contributed by atoms with Crippen LogP contribution >= 0.6 is 0 Å². The van der Waals surface area contributed by atoms with Crippen molar-refractivity contribution >= 4 is 0 Å². The van der Waals surface area contributed by atoms with Crippen molar-refractivity contribution in [2.45, 2.75) is 13.0 Å². The summed E-state index contributed by atoms with van der Waals surface area (Å²) in [4.78, 5) is 0. The number of alkyl halides is 2. The van der Waals surface area contributed by atoms with E-state index in [4.69, 9.17) is 0 Å². The molecule has 1 N–H and O–H groups in total. The number of benzene rings is 1. The van der Waals surface area contributed by atoms with Crippen molar-refractivity contribution in [3.8, 4) is 5.75 Å². The quantitative estimate of drug-likeness (QED) is 0.857. The summed E-state index contributed by atoms with van der Waals surface area (Å²) in [6, 6.07) is 3.88. The van der Waals surface area contributed by atoms with E-state index in [1.807, 2.05) is 0 Å². The van der Waals surface area contributed by atoms with Crippen LogP contribution in [0.4, 0.5) is 13.2 Å². The Morgan fingerprint density at radius 1 is 1.38 bits per heavy atom. The Labute approximate surface area is 91.4 Å². The number of nitrogens with one attached hydrogen (secondary N) is 1. The predicted octanol–water partition coefficient (Wildman–Crippen LogP) is 2.19. The third kappa shape index (κ3) is 2.66. The van der Waals surface area contributed by atoms with Crippen LogP contribution in [0.2, 0.25) is 0 Å². The number of hydrogen-bond donors (Lipinski definition) is 1. The molecule has 1 fully saturated rings. The van der Waals surface area contributed by atoms with Gasteiger partial charge in [-0.05, 0) is 37.1 Å². The lowest BCUT2D eigenvalue weighted by Gasteiger charge is -2.27. The summed E-state index contributed by atoms with van der Waals surface area (Å²) in [6.45, 7) is -1.15. The highest BCUT2D eigenvalue weighted by atomic mass is 19.3. The zero-order valence-corrected chi connectivity index (χ0v) is 8.55. The molecule has 0 amide bonds. The molecule has 1 aromatic carbocycles. The topological polar surface area (TPSA) is 21.3 Å². The van der Waals surface area contributed by atoms with Gasteiger partial charge in [-0.25, -0.2) is 4.39 Å². The van der Waals surface area contributed by atoms with Gasteiger partial charge in [0.15, 0.2) is 0 Å². The van der Waals surface area contributed by atoms with Gasteiger partial charge in [0.05, 0.1) is 0 Å². The highest BCUT2D eigenvalue weighted by Crippen LogP contribution is 2.21. The average Bonchev–Trinajstić information content (AvgIpc) is 2.12. The normalized spacial score (nSPS) is 16.2. The van der Waals surface area contributed by atoms with Crippen LogP contribution in [0.1, 0.15) is 5.56 Å². The molecule has 1 heterocycles. The number of ether oxygens (including phenoxy) is 1. The van der Waals surface area contributed by atoms with E-state index in [1.54, 1.807) is 0 Å². The van der Waals surface area contributed by atoms with Crippen LogP contribution in [-0.4, -0.2) is 19.7 Å². The van der Waals surface area contributed by atoms with Crippen molar-refractivity contribution < 1.29 is 17.9 Å². The van der Waals surface area contributed by atoms with Gasteiger partial charge in [0.25, 0.3) is 0 Å². The van der Waals surface area contributed by atoms with E-state index in [2.05, 4.69) is 10.1 Å². The fourth-order valence-electron chi connectivity index (χ4n) is 1.67. The van der Waals surface area contributed by atoms with Gasteiger partial charge >= 0.3 is 6.61 Å². The Balaban J connectivity index is 2.03. The third-order valence-corrected chi connectivity index (χ3v) is 2.62. The lowest BCUT2D eigenvalue weighted by Crippen LogP contribution is -2.43. The Hall–Kier alpha value is -1.23. The van der Waals surface area contributed by atoms with Crippen molar-refractivity contribution in [1.29, 1.82) is 0 Å². The Kier molecular flexibility index (Phi) is 3.33. The van der Waals surface area contributed by atoms with Crippen LogP contribution in [0.15, 0.2) is 18.2 Å². The van der Waals surface area contributed by atoms with Crippen LogP contribution < -0.4 is 10.1 Å². The fourth-order valence-corrected chi connectivity index (χ4v) is 1.67. The third-order valence-electron chi connectivity index (χ3n) is 2.62. The highest BCUT2D eigenvalue weighted by molar-refractivity contribution is 5.29. The molecule has 0 aromatic heterocycles. The van der Waals surface area contributed by atoms with E-state index in [0.29, 0.717) is 17.9 Å². The average molecular weight is 231 g/mol. The Morgan fingerprint density at radius 3 is 2.62 bits per heavy atom. The molecule has 5 heteroatoms. The van der Waals surface area contributed by atoms with Crippen molar-refractivity contribution in [3.05, 3.63) is 29.6 Å². The first-order valence-electron chi connectivity index (χ1n) is 5.09. The first-order valence-corrected chi connectivity index (χ1v) is 5.09. The van der Waals surface area contributed by atoms with E-state index in [9.17, 15) is 13.2 Å². The largest absolute Gasteiger partial charge is 0.435 e. The van der Waals surface area contributed by atoms with Gasteiger partial charge < -0.3 is 10.1 Å². The van der Waals surface area contributed by atoms with E-state index in [1.165, 1.54) is 12.1 Å². The predicted molar refractivity (Wildman–Crippen MR) is 53.1 cm³/mol. The molecule has 1 aliphatic heterocycles. The first-order chi connectivity index (χ1) is 7.65. The molecule has 88 valence electrons. The van der Waals surface area contributed by atoms with E-state index in [-0.39, 0.29) is 5.75 Å². The van der Waals surface area contributed by atoms with Gasteiger partial charge in [0.2, 0.25) is 0 Å². The maximum Gasteiger partial charge on any atom is 0.387 e. The van der Waals surface area contributed by atoms with Crippen LogP contribution in [0.25, 0.3) is 0 Å². The molecule has 0 saturated carbocycles. The van der Waals surface area contributed by atoms with E-state index < -0.39 is 12.4 Å². The lowest BCUT2D eigenvalue weighted by atomic mass is 9.94. The summed E-state index contributed by atoms with van der Waals surface area (Å²) in [5, 5.41) is 3.09. The minimum Gasteiger partial charge on any atom is -0.435 e. The van der Waals surface area contributed by atoms with Gasteiger partial charge in [0.1, 0.15) is 11.6 Å². The maximum absolute atomic E-state index is 13.5. The molecule has 1 saturated heterocycles. The Bertz CT molecular complexity index is 366. The second-order valence-electron chi connectivity index (χ2n) is 3.86. The van der Waals surface area contributed by atoms with E-state index in [0.717, 1.165) is 19.2 Å². The summed E-state index contributed by atoms with van der Waals surface area (Å²) in [5.41, 5.74) is 0.549. The van der Waals surface area contributed by atoms with Gasteiger partial charge in [-0.1, -0.05) is 6.07 Å². The number of hydrogen-bond acceptors (Lipinski definition) is 2. The standard InChI is InChI=1S/C11H12F3NO/c12-10-4-9(16-11(13)14)2-1-8(10)3-7-5-15-6-7/h1-2,4,7,11,15H,3,5-6H2. The van der Waals surface area contributed by atoms with Crippen LogP contribution in [0.3, 0.4) is 0 Å². The molecule has 0 aliphatic carbocycles. The number of rotatable bonds is 4. The molecular weight excluding hydrogens is 219 g/mol. The van der Waals surface area contributed by atoms with Crippen LogP contribution in [0.5, 0.6) is 5.75 Å². The molecule has 2 rings (SSSR count). The first kappa shape index (κ1) is 11.3. The minimum atomic E-state index is -2.92. The van der Waals surface area contributed by atoms with Crippen molar-refractivity contribution in [2.24, 2.45) is 5.92 Å². The van der Waals surface area contributed by atoms with Crippen LogP contribution in [0, 0.1) is 11.7 Å². The molecule has 2 nitrogen and oxygen atoms in total. The van der Waals surface area contributed by atoms with Crippen molar-refractivity contribution in [2.75, 3.05) is 13.1 Å². The molecule has 0 bridgehead atoms.